The fraction of sp³-hybridized carbons (Fsp3) is 0.400. The number of aryl methyl sites for hydroxylation is 1. The zero-order chi connectivity index (χ0) is 16.3. The number of nitrogens with one attached hydrogen (secondary N) is 1. The lowest BCUT2D eigenvalue weighted by Crippen LogP contribution is -2.52. The van der Waals surface area contributed by atoms with Crippen LogP contribution in [-0.4, -0.2) is 27.5 Å². The molecule has 0 spiro atoms. The number of nitrogens with zero attached hydrogens (tertiary/aromatic N) is 1. The summed E-state index contributed by atoms with van der Waals surface area (Å²) < 4.78 is 5.49. The van der Waals surface area contributed by atoms with Gasteiger partial charge in [-0.05, 0) is 32.4 Å². The maximum Gasteiger partial charge on any atom is 0.329 e. The summed E-state index contributed by atoms with van der Waals surface area (Å²) in [6.07, 6.45) is 0.348. The van der Waals surface area contributed by atoms with Crippen LogP contribution < -0.4 is 5.32 Å². The van der Waals surface area contributed by atoms with Crippen molar-refractivity contribution in [3.8, 4) is 10.8 Å². The highest BCUT2D eigenvalue weighted by molar-refractivity contribution is 7.13. The molecule has 0 fully saturated rings. The van der Waals surface area contributed by atoms with Crippen LogP contribution in [0, 0.1) is 6.92 Å². The van der Waals surface area contributed by atoms with E-state index in [1.54, 1.807) is 12.3 Å². The van der Waals surface area contributed by atoms with Gasteiger partial charge in [-0.1, -0.05) is 6.92 Å². The minimum Gasteiger partial charge on any atom is -0.480 e. The molecule has 2 N–H and O–H groups in total. The molecule has 0 saturated heterocycles. The van der Waals surface area contributed by atoms with Crippen molar-refractivity contribution in [3.63, 3.8) is 0 Å². The van der Waals surface area contributed by atoms with E-state index in [-0.39, 0.29) is 12.3 Å². The molecule has 0 saturated carbocycles. The highest BCUT2D eigenvalue weighted by atomic mass is 32.1. The number of aliphatic carboxylic acids is 1. The number of furan rings is 1. The average molecular weight is 322 g/mol. The van der Waals surface area contributed by atoms with E-state index < -0.39 is 11.5 Å². The largest absolute Gasteiger partial charge is 0.480 e. The van der Waals surface area contributed by atoms with Gasteiger partial charge in [-0.15, -0.1) is 11.3 Å². The second kappa shape index (κ2) is 6.31. The lowest BCUT2D eigenvalue weighted by molar-refractivity contribution is -0.146. The van der Waals surface area contributed by atoms with Crippen LogP contribution in [-0.2, 0) is 16.0 Å². The standard InChI is InChI=1S/C15H18N2O4S/c1-4-15(3,14(19)20)17-12(18)7-10-8-22-13(16-10)11-6-5-9(2)21-11/h5-6,8H,4,7H2,1-3H3,(H,17,18)(H,19,20). The zero-order valence-corrected chi connectivity index (χ0v) is 13.5. The predicted octanol–water partition coefficient (Wildman–Crippen LogP) is 2.62. The number of aromatic nitrogens is 1. The topological polar surface area (TPSA) is 92.4 Å². The maximum absolute atomic E-state index is 12.0. The number of carboxylic acids is 1. The second-order valence-electron chi connectivity index (χ2n) is 5.27. The summed E-state index contributed by atoms with van der Waals surface area (Å²) in [4.78, 5) is 27.6. The van der Waals surface area contributed by atoms with Gasteiger partial charge >= 0.3 is 5.97 Å². The van der Waals surface area contributed by atoms with Crippen molar-refractivity contribution in [2.75, 3.05) is 0 Å². The first-order valence-corrected chi connectivity index (χ1v) is 7.77. The summed E-state index contributed by atoms with van der Waals surface area (Å²) in [5.74, 6) is 0.0513. The molecule has 118 valence electrons. The van der Waals surface area contributed by atoms with Gasteiger partial charge in [-0.3, -0.25) is 4.79 Å². The third-order valence-electron chi connectivity index (χ3n) is 3.44. The number of rotatable bonds is 6. The highest BCUT2D eigenvalue weighted by Gasteiger charge is 2.32. The Labute approximate surface area is 132 Å². The van der Waals surface area contributed by atoms with Crippen molar-refractivity contribution in [1.29, 1.82) is 0 Å². The molecule has 0 aliphatic rings. The fourth-order valence-corrected chi connectivity index (χ4v) is 2.64. The van der Waals surface area contributed by atoms with E-state index in [0.29, 0.717) is 22.9 Å². The van der Waals surface area contributed by atoms with Crippen molar-refractivity contribution >= 4 is 23.2 Å². The minimum atomic E-state index is -1.26. The van der Waals surface area contributed by atoms with Gasteiger partial charge in [0.1, 0.15) is 11.3 Å². The summed E-state index contributed by atoms with van der Waals surface area (Å²) in [5.41, 5.74) is -0.663. The Morgan fingerprint density at radius 3 is 2.73 bits per heavy atom. The van der Waals surface area contributed by atoms with Crippen molar-refractivity contribution < 1.29 is 19.1 Å². The summed E-state index contributed by atoms with van der Waals surface area (Å²) in [7, 11) is 0. The van der Waals surface area contributed by atoms with E-state index >= 15 is 0 Å². The van der Waals surface area contributed by atoms with Gasteiger partial charge in [0.25, 0.3) is 0 Å². The van der Waals surface area contributed by atoms with E-state index in [0.717, 1.165) is 5.76 Å². The molecule has 2 heterocycles. The molecule has 1 amide bonds. The Kier molecular flexibility index (Phi) is 4.65. The van der Waals surface area contributed by atoms with Crippen LogP contribution in [0.25, 0.3) is 10.8 Å². The van der Waals surface area contributed by atoms with Crippen LogP contribution in [0.15, 0.2) is 21.9 Å². The molecular formula is C15H18N2O4S. The first-order chi connectivity index (χ1) is 10.3. The Balaban J connectivity index is 2.04. The molecule has 0 aliphatic carbocycles. The molecule has 1 atom stereocenters. The summed E-state index contributed by atoms with van der Waals surface area (Å²) in [6.45, 7) is 5.06. The van der Waals surface area contributed by atoms with E-state index in [1.165, 1.54) is 18.3 Å². The quantitative estimate of drug-likeness (QED) is 0.853. The minimum absolute atomic E-state index is 0.0407. The summed E-state index contributed by atoms with van der Waals surface area (Å²) in [5, 5.41) is 14.2. The van der Waals surface area contributed by atoms with Crippen molar-refractivity contribution in [1.82, 2.24) is 10.3 Å². The van der Waals surface area contributed by atoms with E-state index in [4.69, 9.17) is 9.52 Å². The van der Waals surface area contributed by atoms with E-state index in [9.17, 15) is 9.59 Å². The number of hydrogen-bond donors (Lipinski definition) is 2. The second-order valence-corrected chi connectivity index (χ2v) is 6.13. The Hall–Kier alpha value is -2.15. The average Bonchev–Trinajstić information content (AvgIpc) is 3.07. The van der Waals surface area contributed by atoms with Gasteiger partial charge in [0.15, 0.2) is 10.8 Å². The monoisotopic (exact) mass is 322 g/mol. The van der Waals surface area contributed by atoms with E-state index in [1.807, 2.05) is 19.1 Å². The first-order valence-electron chi connectivity index (χ1n) is 6.89. The van der Waals surface area contributed by atoms with Gasteiger partial charge < -0.3 is 14.8 Å². The van der Waals surface area contributed by atoms with Gasteiger partial charge in [0, 0.05) is 5.38 Å². The Morgan fingerprint density at radius 1 is 1.45 bits per heavy atom. The number of hydrogen-bond acceptors (Lipinski definition) is 5. The van der Waals surface area contributed by atoms with Crippen LogP contribution in [0.4, 0.5) is 0 Å². The highest BCUT2D eigenvalue weighted by Crippen LogP contribution is 2.25. The third kappa shape index (κ3) is 3.54. The van der Waals surface area contributed by atoms with Crippen LogP contribution in [0.5, 0.6) is 0 Å². The zero-order valence-electron chi connectivity index (χ0n) is 12.7. The Bertz CT molecular complexity index is 691. The molecule has 22 heavy (non-hydrogen) atoms. The molecule has 2 aromatic heterocycles. The van der Waals surface area contributed by atoms with Crippen LogP contribution >= 0.6 is 11.3 Å². The van der Waals surface area contributed by atoms with Crippen molar-refractivity contribution in [2.24, 2.45) is 0 Å². The van der Waals surface area contributed by atoms with Crippen molar-refractivity contribution in [2.45, 2.75) is 39.2 Å². The number of thiazole rings is 1. The maximum atomic E-state index is 12.0. The van der Waals surface area contributed by atoms with Gasteiger partial charge in [-0.25, -0.2) is 9.78 Å². The molecule has 0 aromatic carbocycles. The molecule has 6 nitrogen and oxygen atoms in total. The molecule has 0 aliphatic heterocycles. The number of carbonyl (C=O) groups is 2. The lowest BCUT2D eigenvalue weighted by Gasteiger charge is -2.24. The van der Waals surface area contributed by atoms with Gasteiger partial charge in [-0.2, -0.15) is 0 Å². The third-order valence-corrected chi connectivity index (χ3v) is 4.34. The molecule has 1 unspecified atom stereocenters. The number of amides is 1. The predicted molar refractivity (Wildman–Crippen MR) is 82.7 cm³/mol. The molecule has 2 aromatic rings. The number of carbonyl (C=O) groups excluding carboxylic acids is 1. The van der Waals surface area contributed by atoms with Crippen LogP contribution in [0.2, 0.25) is 0 Å². The van der Waals surface area contributed by atoms with E-state index in [2.05, 4.69) is 10.3 Å². The molecule has 2 rings (SSSR count). The molecule has 0 radical (unpaired) electrons. The smallest absolute Gasteiger partial charge is 0.329 e. The molecule has 0 bridgehead atoms. The fourth-order valence-electron chi connectivity index (χ4n) is 1.86. The Morgan fingerprint density at radius 2 is 2.18 bits per heavy atom. The van der Waals surface area contributed by atoms with Gasteiger partial charge in [0.05, 0.1) is 12.1 Å². The van der Waals surface area contributed by atoms with Crippen LogP contribution in [0.1, 0.15) is 31.7 Å². The molecular weight excluding hydrogens is 304 g/mol. The summed E-state index contributed by atoms with van der Waals surface area (Å²) >= 11 is 1.39. The van der Waals surface area contributed by atoms with Gasteiger partial charge in [0.2, 0.25) is 5.91 Å². The summed E-state index contributed by atoms with van der Waals surface area (Å²) in [6, 6.07) is 3.68. The van der Waals surface area contributed by atoms with Crippen LogP contribution in [0.3, 0.4) is 0 Å². The van der Waals surface area contributed by atoms with Crippen molar-refractivity contribution in [3.05, 3.63) is 29.0 Å². The normalized spacial score (nSPS) is 13.6. The first kappa shape index (κ1) is 16.2. The lowest BCUT2D eigenvalue weighted by atomic mass is 9.99. The number of carboxylic acid groups (broad SMARTS) is 1. The molecule has 7 heteroatoms. The SMILES string of the molecule is CCC(C)(NC(=O)Cc1csc(-c2ccc(C)o2)n1)C(=O)O.